The Kier molecular flexibility index (Phi) is 4.94. The second-order valence-electron chi connectivity index (χ2n) is 9.21. The molecule has 1 spiro atoms. The van der Waals surface area contributed by atoms with Crippen molar-refractivity contribution in [1.82, 2.24) is 5.32 Å². The van der Waals surface area contributed by atoms with E-state index in [2.05, 4.69) is 5.32 Å². The van der Waals surface area contributed by atoms with Gasteiger partial charge in [0, 0.05) is 30.8 Å². The number of benzene rings is 2. The normalized spacial score (nSPS) is 28.4. The van der Waals surface area contributed by atoms with Gasteiger partial charge in [0.2, 0.25) is 5.91 Å². The minimum atomic E-state index is -1.71. The summed E-state index contributed by atoms with van der Waals surface area (Å²) < 4.78 is 6.06. The molecule has 2 saturated heterocycles. The molecule has 3 heterocycles. The standard InChI is InChI=1S/C24H24N4O6/c1-13-5-4-6-17(9-13)27-22(30)24(21(29)25-23(27)31)11-16-10-18(28(32)33)7-8-19(16)26-12-14(2)34-15(3)20(24)26/h4-10,14-15,20H,11-12H2,1-3H3,(H,25,29,31)/t14-,15+,20+,24-/m1/s1. The highest BCUT2D eigenvalue weighted by atomic mass is 16.6. The Morgan fingerprint density at radius 3 is 2.62 bits per heavy atom. The smallest absolute Gasteiger partial charge is 0.335 e. The first-order chi connectivity index (χ1) is 16.1. The van der Waals surface area contributed by atoms with Gasteiger partial charge < -0.3 is 9.64 Å². The molecule has 5 rings (SSSR count). The number of imide groups is 2. The van der Waals surface area contributed by atoms with Gasteiger partial charge in [0.05, 0.1) is 28.9 Å². The van der Waals surface area contributed by atoms with Gasteiger partial charge in [-0.15, -0.1) is 0 Å². The highest BCUT2D eigenvalue weighted by Gasteiger charge is 2.65. The van der Waals surface area contributed by atoms with Crippen LogP contribution in [0.3, 0.4) is 0 Å². The van der Waals surface area contributed by atoms with Crippen molar-refractivity contribution in [2.45, 2.75) is 45.4 Å². The van der Waals surface area contributed by atoms with Crippen molar-refractivity contribution in [3.63, 3.8) is 0 Å². The van der Waals surface area contributed by atoms with Crippen molar-refractivity contribution in [2.24, 2.45) is 5.41 Å². The zero-order valence-corrected chi connectivity index (χ0v) is 19.0. The highest BCUT2D eigenvalue weighted by molar-refractivity contribution is 6.30. The number of nitrogens with zero attached hydrogens (tertiary/aromatic N) is 3. The van der Waals surface area contributed by atoms with Crippen molar-refractivity contribution in [3.05, 3.63) is 63.7 Å². The number of urea groups is 1. The van der Waals surface area contributed by atoms with E-state index in [1.165, 1.54) is 12.1 Å². The van der Waals surface area contributed by atoms with Crippen LogP contribution in [0.1, 0.15) is 25.0 Å². The minimum absolute atomic E-state index is 0.0898. The number of barbiturate groups is 1. The number of non-ortho nitro benzene ring substituents is 1. The summed E-state index contributed by atoms with van der Waals surface area (Å²) in [4.78, 5) is 54.5. The number of nitro groups is 1. The molecule has 0 aromatic heterocycles. The number of nitrogens with one attached hydrogen (secondary N) is 1. The van der Waals surface area contributed by atoms with Crippen molar-refractivity contribution in [1.29, 1.82) is 0 Å². The summed E-state index contributed by atoms with van der Waals surface area (Å²) in [7, 11) is 0. The molecule has 10 nitrogen and oxygen atoms in total. The summed E-state index contributed by atoms with van der Waals surface area (Å²) in [6.45, 7) is 5.93. The molecule has 176 valence electrons. The first-order valence-electron chi connectivity index (χ1n) is 11.1. The number of hydrogen-bond donors (Lipinski definition) is 1. The van der Waals surface area contributed by atoms with E-state index in [0.29, 0.717) is 17.8 Å². The molecule has 0 unspecified atom stereocenters. The van der Waals surface area contributed by atoms with Gasteiger partial charge in [-0.25, -0.2) is 9.69 Å². The molecule has 3 aliphatic heterocycles. The average molecular weight is 464 g/mol. The fourth-order valence-electron chi connectivity index (χ4n) is 5.63. The van der Waals surface area contributed by atoms with Crippen LogP contribution in [0.15, 0.2) is 42.5 Å². The molecule has 2 aromatic carbocycles. The summed E-state index contributed by atoms with van der Waals surface area (Å²) in [6.07, 6.45) is -0.803. The van der Waals surface area contributed by atoms with Crippen LogP contribution in [-0.2, 0) is 20.7 Å². The molecule has 10 heteroatoms. The molecule has 4 atom stereocenters. The Morgan fingerprint density at radius 2 is 1.91 bits per heavy atom. The van der Waals surface area contributed by atoms with Crippen LogP contribution in [-0.4, -0.2) is 47.6 Å². The Morgan fingerprint density at radius 1 is 1.15 bits per heavy atom. The van der Waals surface area contributed by atoms with Crippen molar-refractivity contribution in [2.75, 3.05) is 16.3 Å². The van der Waals surface area contributed by atoms with E-state index < -0.39 is 40.3 Å². The minimum Gasteiger partial charge on any atom is -0.372 e. The highest BCUT2D eigenvalue weighted by Crippen LogP contribution is 2.48. The Bertz CT molecular complexity index is 1250. The Hall–Kier alpha value is -3.79. The number of carbonyl (C=O) groups is 3. The Labute approximate surface area is 195 Å². The molecule has 2 fully saturated rings. The lowest BCUT2D eigenvalue weighted by atomic mass is 9.66. The molecule has 0 saturated carbocycles. The van der Waals surface area contributed by atoms with E-state index in [4.69, 9.17) is 4.74 Å². The second kappa shape index (κ2) is 7.63. The van der Waals surface area contributed by atoms with Gasteiger partial charge in [-0.1, -0.05) is 12.1 Å². The fourth-order valence-corrected chi connectivity index (χ4v) is 5.63. The molecule has 4 amide bonds. The maximum absolute atomic E-state index is 14.2. The molecule has 34 heavy (non-hydrogen) atoms. The van der Waals surface area contributed by atoms with E-state index >= 15 is 0 Å². The van der Waals surface area contributed by atoms with E-state index in [0.717, 1.165) is 16.2 Å². The molecule has 0 radical (unpaired) electrons. The van der Waals surface area contributed by atoms with Crippen LogP contribution < -0.4 is 15.1 Å². The van der Waals surface area contributed by atoms with E-state index in [1.54, 1.807) is 31.2 Å². The molecule has 0 aliphatic carbocycles. The Balaban J connectivity index is 1.71. The number of rotatable bonds is 2. The van der Waals surface area contributed by atoms with Gasteiger partial charge in [0.1, 0.15) is 0 Å². The number of aryl methyl sites for hydroxylation is 1. The fraction of sp³-hybridized carbons (Fsp3) is 0.375. The maximum atomic E-state index is 14.2. The molecule has 3 aliphatic rings. The van der Waals surface area contributed by atoms with Gasteiger partial charge in [0.25, 0.3) is 11.6 Å². The monoisotopic (exact) mass is 464 g/mol. The summed E-state index contributed by atoms with van der Waals surface area (Å²) >= 11 is 0. The zero-order valence-electron chi connectivity index (χ0n) is 19.0. The van der Waals surface area contributed by atoms with Gasteiger partial charge in [-0.2, -0.15) is 0 Å². The van der Waals surface area contributed by atoms with Gasteiger partial charge >= 0.3 is 6.03 Å². The van der Waals surface area contributed by atoms with Crippen LogP contribution in [0, 0.1) is 22.5 Å². The van der Waals surface area contributed by atoms with Crippen LogP contribution in [0.25, 0.3) is 0 Å². The molecule has 2 aromatic rings. The van der Waals surface area contributed by atoms with E-state index in [-0.39, 0.29) is 18.2 Å². The van der Waals surface area contributed by atoms with Crippen LogP contribution >= 0.6 is 0 Å². The molecular formula is C24H24N4O6. The van der Waals surface area contributed by atoms with Gasteiger partial charge in [-0.05, 0) is 50.1 Å². The largest absolute Gasteiger partial charge is 0.372 e. The van der Waals surface area contributed by atoms with Gasteiger partial charge in [0.15, 0.2) is 5.41 Å². The summed E-state index contributed by atoms with van der Waals surface area (Å²) in [5.74, 6) is -1.38. The number of fused-ring (bicyclic) bond motifs is 4. The molecule has 0 bridgehead atoms. The van der Waals surface area contributed by atoms with Crippen LogP contribution in [0.2, 0.25) is 0 Å². The predicted octanol–water partition coefficient (Wildman–Crippen LogP) is 2.71. The SMILES string of the molecule is Cc1cccc(N2C(=O)NC(=O)[C@]3(Cc4cc([N+](=O)[O-])ccc4N4C[C@@H](C)O[C@@H](C)[C@H]43)C2=O)c1. The zero-order chi connectivity index (χ0) is 24.4. The molecule has 1 N–H and O–H groups in total. The third-order valence-corrected chi connectivity index (χ3v) is 6.91. The lowest BCUT2D eigenvalue weighted by Gasteiger charge is -2.56. The average Bonchev–Trinajstić information content (AvgIpc) is 2.77. The summed E-state index contributed by atoms with van der Waals surface area (Å²) in [5.41, 5.74) is 0.593. The number of anilines is 2. The van der Waals surface area contributed by atoms with Crippen molar-refractivity contribution >= 4 is 34.9 Å². The quantitative estimate of drug-likeness (QED) is 0.412. The van der Waals surface area contributed by atoms with E-state index in [9.17, 15) is 24.5 Å². The van der Waals surface area contributed by atoms with Crippen molar-refractivity contribution in [3.8, 4) is 0 Å². The number of morpholine rings is 1. The lowest BCUT2D eigenvalue weighted by Crippen LogP contribution is -2.76. The third-order valence-electron chi connectivity index (χ3n) is 6.91. The van der Waals surface area contributed by atoms with E-state index in [1.807, 2.05) is 24.8 Å². The first kappa shape index (κ1) is 22.0. The maximum Gasteiger partial charge on any atom is 0.335 e. The van der Waals surface area contributed by atoms with Crippen LogP contribution in [0.4, 0.5) is 21.9 Å². The summed E-state index contributed by atoms with van der Waals surface area (Å²) in [6, 6.07) is 9.87. The van der Waals surface area contributed by atoms with Gasteiger partial charge in [-0.3, -0.25) is 25.0 Å². The lowest BCUT2D eigenvalue weighted by molar-refractivity contribution is -0.384. The topological polar surface area (TPSA) is 122 Å². The number of hydrogen-bond acceptors (Lipinski definition) is 7. The number of carbonyl (C=O) groups excluding carboxylic acids is 3. The second-order valence-corrected chi connectivity index (χ2v) is 9.21. The summed E-state index contributed by atoms with van der Waals surface area (Å²) in [5, 5.41) is 13.8. The molecular weight excluding hydrogens is 440 g/mol. The van der Waals surface area contributed by atoms with Crippen molar-refractivity contribution < 1.29 is 24.0 Å². The number of nitro benzene ring substituents is 1. The van der Waals surface area contributed by atoms with Crippen LogP contribution in [0.5, 0.6) is 0 Å². The third kappa shape index (κ3) is 3.09. The first-order valence-corrected chi connectivity index (χ1v) is 11.1. The number of amides is 4. The predicted molar refractivity (Wildman–Crippen MR) is 123 cm³/mol. The number of ether oxygens (including phenoxy) is 1.